The van der Waals surface area contributed by atoms with E-state index < -0.39 is 23.8 Å². The van der Waals surface area contributed by atoms with Crippen molar-refractivity contribution in [2.75, 3.05) is 16.8 Å². The number of anilines is 2. The van der Waals surface area contributed by atoms with Gasteiger partial charge in [0.25, 0.3) is 0 Å². The summed E-state index contributed by atoms with van der Waals surface area (Å²) in [7, 11) is 0. The average molecular weight is 615 g/mol. The van der Waals surface area contributed by atoms with Crippen LogP contribution in [0.1, 0.15) is 32.3 Å². The van der Waals surface area contributed by atoms with E-state index in [1.165, 1.54) is 40.3 Å². The number of hydrogen-bond acceptors (Lipinski definition) is 5. The van der Waals surface area contributed by atoms with Gasteiger partial charge in [-0.25, -0.2) is 19.4 Å². The fraction of sp³-hybridized carbons (Fsp3) is 0.241. The molecule has 1 aliphatic rings. The number of halogens is 3. The molecule has 1 unspecified atom stereocenters. The second-order valence-electron chi connectivity index (χ2n) is 10.0. The lowest BCUT2D eigenvalue weighted by atomic mass is 9.99. The van der Waals surface area contributed by atoms with Gasteiger partial charge in [0.1, 0.15) is 5.82 Å². The number of urea groups is 2. The van der Waals surface area contributed by atoms with Crippen LogP contribution in [0, 0.1) is 5.82 Å². The molecule has 3 aromatic rings. The molecule has 3 N–H and O–H groups in total. The first-order valence-electron chi connectivity index (χ1n) is 13.0. The van der Waals surface area contributed by atoms with Crippen LogP contribution in [0.15, 0.2) is 77.9 Å². The number of benzene rings is 3. The topological polar surface area (TPSA) is 118 Å². The van der Waals surface area contributed by atoms with Crippen LogP contribution in [0.25, 0.3) is 0 Å². The molecule has 0 saturated carbocycles. The van der Waals surface area contributed by atoms with E-state index in [-0.39, 0.29) is 31.1 Å². The summed E-state index contributed by atoms with van der Waals surface area (Å²) in [6.07, 6.45) is 0.569. The highest BCUT2D eigenvalue weighted by molar-refractivity contribution is 6.31. The van der Waals surface area contributed by atoms with E-state index in [9.17, 15) is 24.0 Å². The summed E-state index contributed by atoms with van der Waals surface area (Å²) in [6.45, 7) is 3.59. The molecule has 0 aliphatic carbocycles. The predicted molar refractivity (Wildman–Crippen MR) is 159 cm³/mol. The van der Waals surface area contributed by atoms with E-state index in [0.717, 1.165) is 0 Å². The molecule has 5 amide bonds. The number of hydrazone groups is 1. The largest absolute Gasteiger partial charge is 0.347 e. The summed E-state index contributed by atoms with van der Waals surface area (Å²) >= 11 is 12.0. The summed E-state index contributed by atoms with van der Waals surface area (Å²) in [6, 6.07) is 17.1. The molecule has 1 atom stereocenters. The molecule has 42 heavy (non-hydrogen) atoms. The quantitative estimate of drug-likeness (QED) is 0.148. The first-order chi connectivity index (χ1) is 20.0. The van der Waals surface area contributed by atoms with Crippen LogP contribution in [0.2, 0.25) is 10.0 Å². The van der Waals surface area contributed by atoms with Crippen LogP contribution in [-0.2, 0) is 4.79 Å². The SMILES string of the molecule is CC1(C)C(N(O)C(=O)Nc2ccc(Cl)cc2)N(c2ccc(Cl)cc2)C(=O)N1CCCC(=O)NN=Cc1ccc(F)cc1. The number of carbonyl (C=O) groups is 3. The van der Waals surface area contributed by atoms with E-state index >= 15 is 0 Å². The fourth-order valence-corrected chi connectivity index (χ4v) is 4.84. The molecule has 3 aromatic carbocycles. The molecule has 1 aliphatic heterocycles. The zero-order valence-electron chi connectivity index (χ0n) is 22.8. The maximum Gasteiger partial charge on any atom is 0.347 e. The average Bonchev–Trinajstić information content (AvgIpc) is 3.15. The normalized spacial score (nSPS) is 16.1. The second kappa shape index (κ2) is 13.2. The van der Waals surface area contributed by atoms with Gasteiger partial charge in [-0.2, -0.15) is 10.2 Å². The number of amides is 5. The highest BCUT2D eigenvalue weighted by Crippen LogP contribution is 2.38. The number of rotatable bonds is 9. The van der Waals surface area contributed by atoms with Crippen molar-refractivity contribution in [3.05, 3.63) is 94.2 Å². The Morgan fingerprint density at radius 1 is 1.02 bits per heavy atom. The molecule has 0 spiro atoms. The number of hydroxylamine groups is 2. The molecular formula is C29H29Cl2FN6O4. The Bertz CT molecular complexity index is 1450. The molecule has 220 valence electrons. The Morgan fingerprint density at radius 3 is 2.24 bits per heavy atom. The zero-order chi connectivity index (χ0) is 30.4. The van der Waals surface area contributed by atoms with Gasteiger partial charge in [0.15, 0.2) is 6.17 Å². The lowest BCUT2D eigenvalue weighted by Gasteiger charge is -2.38. The second-order valence-corrected chi connectivity index (χ2v) is 10.9. The highest BCUT2D eigenvalue weighted by Gasteiger charge is 2.55. The number of hydrogen-bond donors (Lipinski definition) is 3. The van der Waals surface area contributed by atoms with Gasteiger partial charge in [-0.1, -0.05) is 35.3 Å². The van der Waals surface area contributed by atoms with E-state index in [1.807, 2.05) is 0 Å². The Hall–Kier alpha value is -4.19. The first kappa shape index (κ1) is 30.8. The van der Waals surface area contributed by atoms with Gasteiger partial charge in [0, 0.05) is 34.4 Å². The predicted octanol–water partition coefficient (Wildman–Crippen LogP) is 6.33. The summed E-state index contributed by atoms with van der Waals surface area (Å²) in [5, 5.41) is 19.1. The molecule has 1 saturated heterocycles. The maximum absolute atomic E-state index is 13.8. The van der Waals surface area contributed by atoms with Crippen molar-refractivity contribution < 1.29 is 24.0 Å². The molecule has 0 radical (unpaired) electrons. The summed E-state index contributed by atoms with van der Waals surface area (Å²) in [5.41, 5.74) is 2.74. The lowest BCUT2D eigenvalue weighted by Crippen LogP contribution is -2.58. The monoisotopic (exact) mass is 614 g/mol. The van der Waals surface area contributed by atoms with Crippen molar-refractivity contribution in [3.8, 4) is 0 Å². The molecular weight excluding hydrogens is 586 g/mol. The van der Waals surface area contributed by atoms with Gasteiger partial charge in [-0.3, -0.25) is 14.9 Å². The Kier molecular flexibility index (Phi) is 9.66. The molecule has 0 bridgehead atoms. The number of nitrogens with zero attached hydrogens (tertiary/aromatic N) is 4. The zero-order valence-corrected chi connectivity index (χ0v) is 24.3. The van der Waals surface area contributed by atoms with Gasteiger partial charge in [0.2, 0.25) is 5.91 Å². The van der Waals surface area contributed by atoms with E-state index in [4.69, 9.17) is 23.2 Å². The van der Waals surface area contributed by atoms with E-state index in [0.29, 0.717) is 32.0 Å². The maximum atomic E-state index is 13.8. The standard InChI is InChI=1S/C29H29Cl2FN6O4/c1-29(2)26(38(42)27(40)34-23-13-7-20(30)8-14-23)37(24-15-9-21(31)10-16-24)28(41)36(29)17-3-4-25(39)35-33-18-19-5-11-22(32)12-6-19/h5-16,18,26,42H,3-4,17H2,1-2H3,(H,34,40)(H,35,39). The van der Waals surface area contributed by atoms with Crippen LogP contribution in [0.4, 0.5) is 25.4 Å². The molecule has 0 aromatic heterocycles. The molecule has 13 heteroatoms. The molecule has 1 heterocycles. The Labute approximate surface area is 252 Å². The number of carbonyl (C=O) groups excluding carboxylic acids is 3. The number of nitrogens with one attached hydrogen (secondary N) is 2. The third kappa shape index (κ3) is 7.17. The molecule has 10 nitrogen and oxygen atoms in total. The van der Waals surface area contributed by atoms with Gasteiger partial charge in [-0.15, -0.1) is 0 Å². The van der Waals surface area contributed by atoms with Crippen LogP contribution in [0.5, 0.6) is 0 Å². The Morgan fingerprint density at radius 2 is 1.62 bits per heavy atom. The van der Waals surface area contributed by atoms with Crippen LogP contribution in [0.3, 0.4) is 0 Å². The van der Waals surface area contributed by atoms with Crippen molar-refractivity contribution in [1.82, 2.24) is 15.4 Å². The van der Waals surface area contributed by atoms with E-state index in [1.54, 1.807) is 62.4 Å². The van der Waals surface area contributed by atoms with E-state index in [2.05, 4.69) is 15.8 Å². The van der Waals surface area contributed by atoms with Crippen LogP contribution in [-0.4, -0.2) is 57.6 Å². The van der Waals surface area contributed by atoms with Crippen molar-refractivity contribution in [3.63, 3.8) is 0 Å². The van der Waals surface area contributed by atoms with Crippen molar-refractivity contribution in [1.29, 1.82) is 0 Å². The lowest BCUT2D eigenvalue weighted by molar-refractivity contribution is -0.121. The summed E-state index contributed by atoms with van der Waals surface area (Å²) in [5.74, 6) is -0.756. The highest BCUT2D eigenvalue weighted by atomic mass is 35.5. The Balaban J connectivity index is 1.47. The van der Waals surface area contributed by atoms with Crippen LogP contribution >= 0.6 is 23.2 Å². The van der Waals surface area contributed by atoms with Gasteiger partial charge < -0.3 is 10.2 Å². The first-order valence-corrected chi connectivity index (χ1v) is 13.7. The summed E-state index contributed by atoms with van der Waals surface area (Å²) in [4.78, 5) is 42.0. The summed E-state index contributed by atoms with van der Waals surface area (Å²) < 4.78 is 13.0. The minimum absolute atomic E-state index is 0.0477. The minimum Gasteiger partial charge on any atom is -0.315 e. The van der Waals surface area contributed by atoms with Crippen molar-refractivity contribution >= 4 is 58.8 Å². The van der Waals surface area contributed by atoms with Crippen molar-refractivity contribution in [2.24, 2.45) is 5.10 Å². The third-order valence-corrected chi connectivity index (χ3v) is 7.21. The molecule has 4 rings (SSSR count). The van der Waals surface area contributed by atoms with Gasteiger partial charge in [0.05, 0.1) is 11.8 Å². The van der Waals surface area contributed by atoms with Crippen molar-refractivity contribution in [2.45, 2.75) is 38.4 Å². The fourth-order valence-electron chi connectivity index (χ4n) is 4.59. The van der Waals surface area contributed by atoms with Gasteiger partial charge in [-0.05, 0) is 86.5 Å². The molecule has 1 fully saturated rings. The minimum atomic E-state index is -1.15. The van der Waals surface area contributed by atoms with Crippen LogP contribution < -0.4 is 15.6 Å². The third-order valence-electron chi connectivity index (χ3n) is 6.71. The van der Waals surface area contributed by atoms with Gasteiger partial charge >= 0.3 is 12.1 Å². The smallest absolute Gasteiger partial charge is 0.315 e.